The van der Waals surface area contributed by atoms with Crippen LogP contribution in [0.15, 0.2) is 29.5 Å². The number of allylic oxidation sites excluding steroid dienone is 1. The maximum atomic E-state index is 12.3. The Morgan fingerprint density at radius 3 is 2.52 bits per heavy atom. The van der Waals surface area contributed by atoms with Crippen molar-refractivity contribution in [2.75, 3.05) is 28.4 Å². The van der Waals surface area contributed by atoms with E-state index in [0.717, 1.165) is 11.3 Å². The number of hydrogen-bond donors (Lipinski definition) is 1. The Hall–Kier alpha value is -2.28. The van der Waals surface area contributed by atoms with Gasteiger partial charge in [-0.3, -0.25) is 0 Å². The highest BCUT2D eigenvalue weighted by Crippen LogP contribution is 2.37. The van der Waals surface area contributed by atoms with Gasteiger partial charge >= 0.3 is 5.97 Å². The van der Waals surface area contributed by atoms with E-state index in [1.807, 2.05) is 13.0 Å². The summed E-state index contributed by atoms with van der Waals surface area (Å²) in [5.41, 5.74) is 1.97. The molecule has 23 heavy (non-hydrogen) atoms. The number of hydrogen-bond acceptors (Lipinski definition) is 5. The van der Waals surface area contributed by atoms with Crippen molar-refractivity contribution in [2.45, 2.75) is 13.0 Å². The number of methoxy groups -OCH3 is 3. The molecular weight excluding hydrogens is 316 g/mol. The molecule has 1 atom stereocenters. The molecule has 124 valence electrons. The first kappa shape index (κ1) is 17.1. The van der Waals surface area contributed by atoms with Gasteiger partial charge in [-0.15, -0.1) is 0 Å². The highest BCUT2D eigenvalue weighted by atomic mass is 32.1. The summed E-state index contributed by atoms with van der Waals surface area (Å²) in [5, 5.41) is 3.69. The molecule has 6 nitrogen and oxygen atoms in total. The number of rotatable bonds is 4. The van der Waals surface area contributed by atoms with Gasteiger partial charge in [-0.25, -0.2) is 4.79 Å². The normalized spacial score (nSPS) is 17.7. The molecule has 0 aromatic heterocycles. The van der Waals surface area contributed by atoms with Crippen LogP contribution in [0.25, 0.3) is 0 Å². The van der Waals surface area contributed by atoms with Gasteiger partial charge in [-0.1, -0.05) is 0 Å². The zero-order valence-electron chi connectivity index (χ0n) is 13.8. The molecule has 1 aliphatic heterocycles. The van der Waals surface area contributed by atoms with E-state index in [1.165, 1.54) is 7.11 Å². The Bertz CT molecular complexity index is 672. The number of ether oxygens (including phenoxy) is 3. The number of benzene rings is 1. The molecule has 7 heteroatoms. The number of carbonyl (C=O) groups is 1. The van der Waals surface area contributed by atoms with Gasteiger partial charge in [0.15, 0.2) is 5.11 Å². The second kappa shape index (κ2) is 6.87. The molecule has 0 fully saturated rings. The first-order valence-electron chi connectivity index (χ1n) is 6.99. The number of thiocarbonyl (C=S) groups is 1. The van der Waals surface area contributed by atoms with Crippen molar-refractivity contribution in [1.29, 1.82) is 0 Å². The number of carbonyl (C=O) groups excluding carboxylic acids is 1. The summed E-state index contributed by atoms with van der Waals surface area (Å²) in [6, 6.07) is 4.93. The molecule has 1 aromatic rings. The van der Waals surface area contributed by atoms with E-state index in [9.17, 15) is 4.79 Å². The quantitative estimate of drug-likeness (QED) is 0.667. The third-order valence-electron chi connectivity index (χ3n) is 3.91. The lowest BCUT2D eigenvalue weighted by Crippen LogP contribution is -2.46. The van der Waals surface area contributed by atoms with E-state index in [2.05, 4.69) is 5.32 Å². The molecule has 2 rings (SSSR count). The Labute approximate surface area is 141 Å². The van der Waals surface area contributed by atoms with Crippen LogP contribution in [0.1, 0.15) is 18.5 Å². The zero-order chi connectivity index (χ0) is 17.1. The Kier molecular flexibility index (Phi) is 5.10. The second-order valence-electron chi connectivity index (χ2n) is 5.04. The first-order chi connectivity index (χ1) is 10.9. The summed E-state index contributed by atoms with van der Waals surface area (Å²) >= 11 is 5.36. The van der Waals surface area contributed by atoms with E-state index in [4.69, 9.17) is 26.4 Å². The van der Waals surface area contributed by atoms with Gasteiger partial charge in [0.25, 0.3) is 0 Å². The molecule has 1 N–H and O–H groups in total. The SMILES string of the molecule is COC(=O)C1=C(C)N(C)C(=S)N[C@@H]1c1cc(OC)ccc1OC. The van der Waals surface area contributed by atoms with Gasteiger partial charge in [0.1, 0.15) is 11.5 Å². The van der Waals surface area contributed by atoms with Gasteiger partial charge in [0, 0.05) is 18.3 Å². The zero-order valence-corrected chi connectivity index (χ0v) is 14.6. The van der Waals surface area contributed by atoms with Crippen molar-refractivity contribution >= 4 is 23.3 Å². The molecule has 1 aromatic carbocycles. The summed E-state index contributed by atoms with van der Waals surface area (Å²) in [7, 11) is 6.32. The summed E-state index contributed by atoms with van der Waals surface area (Å²) < 4.78 is 15.7. The first-order valence-corrected chi connectivity index (χ1v) is 7.40. The van der Waals surface area contributed by atoms with Crippen LogP contribution in [-0.2, 0) is 9.53 Å². The van der Waals surface area contributed by atoms with Crippen molar-refractivity contribution < 1.29 is 19.0 Å². The van der Waals surface area contributed by atoms with E-state index in [-0.39, 0.29) is 0 Å². The van der Waals surface area contributed by atoms with Crippen molar-refractivity contribution in [3.8, 4) is 11.5 Å². The van der Waals surface area contributed by atoms with Crippen LogP contribution in [0.2, 0.25) is 0 Å². The molecule has 0 radical (unpaired) electrons. The molecule has 0 bridgehead atoms. The second-order valence-corrected chi connectivity index (χ2v) is 5.43. The molecule has 1 heterocycles. The summed E-state index contributed by atoms with van der Waals surface area (Å²) in [5.74, 6) is 0.874. The van der Waals surface area contributed by atoms with Crippen LogP contribution in [0, 0.1) is 0 Å². The maximum Gasteiger partial charge on any atom is 0.337 e. The van der Waals surface area contributed by atoms with Crippen LogP contribution in [0.3, 0.4) is 0 Å². The molecule has 1 aliphatic rings. The van der Waals surface area contributed by atoms with Crippen LogP contribution in [-0.4, -0.2) is 44.4 Å². The van der Waals surface area contributed by atoms with Crippen LogP contribution < -0.4 is 14.8 Å². The van der Waals surface area contributed by atoms with Crippen LogP contribution in [0.4, 0.5) is 0 Å². The van der Waals surface area contributed by atoms with Gasteiger partial charge in [0.2, 0.25) is 0 Å². The van der Waals surface area contributed by atoms with E-state index < -0.39 is 12.0 Å². The van der Waals surface area contributed by atoms with Gasteiger partial charge in [0.05, 0.1) is 32.9 Å². The molecule has 0 unspecified atom stereocenters. The molecule has 0 spiro atoms. The maximum absolute atomic E-state index is 12.3. The fraction of sp³-hybridized carbons (Fsp3) is 0.375. The Morgan fingerprint density at radius 1 is 1.26 bits per heavy atom. The lowest BCUT2D eigenvalue weighted by molar-refractivity contribution is -0.136. The minimum absolute atomic E-state index is 0.417. The third-order valence-corrected chi connectivity index (χ3v) is 4.30. The van der Waals surface area contributed by atoms with Gasteiger partial charge in [-0.05, 0) is 37.3 Å². The van der Waals surface area contributed by atoms with E-state index in [1.54, 1.807) is 38.3 Å². The summed E-state index contributed by atoms with van der Waals surface area (Å²) in [6.07, 6.45) is 0. The fourth-order valence-corrected chi connectivity index (χ4v) is 2.76. The summed E-state index contributed by atoms with van der Waals surface area (Å²) in [6.45, 7) is 1.83. The van der Waals surface area contributed by atoms with E-state index in [0.29, 0.717) is 22.2 Å². The highest BCUT2D eigenvalue weighted by Gasteiger charge is 2.34. The minimum Gasteiger partial charge on any atom is -0.497 e. The predicted molar refractivity (Wildman–Crippen MR) is 90.5 cm³/mol. The molecular formula is C16H20N2O4S. The van der Waals surface area contributed by atoms with Crippen LogP contribution in [0.5, 0.6) is 11.5 Å². The topological polar surface area (TPSA) is 60.0 Å². The average molecular weight is 336 g/mol. The van der Waals surface area contributed by atoms with E-state index >= 15 is 0 Å². The monoisotopic (exact) mass is 336 g/mol. The van der Waals surface area contributed by atoms with Crippen molar-refractivity contribution in [3.63, 3.8) is 0 Å². The third kappa shape index (κ3) is 3.10. The number of nitrogens with one attached hydrogen (secondary N) is 1. The highest BCUT2D eigenvalue weighted by molar-refractivity contribution is 7.80. The molecule has 0 aliphatic carbocycles. The molecule has 0 saturated heterocycles. The minimum atomic E-state index is -0.476. The number of nitrogens with zero attached hydrogens (tertiary/aromatic N) is 1. The lowest BCUT2D eigenvalue weighted by Gasteiger charge is -2.35. The Balaban J connectivity index is 2.64. The molecule has 0 amide bonds. The van der Waals surface area contributed by atoms with Crippen LogP contribution >= 0.6 is 12.2 Å². The Morgan fingerprint density at radius 2 is 1.96 bits per heavy atom. The average Bonchev–Trinajstić information content (AvgIpc) is 2.58. The van der Waals surface area contributed by atoms with Crippen molar-refractivity contribution in [3.05, 3.63) is 35.0 Å². The predicted octanol–water partition coefficient (Wildman–Crippen LogP) is 2.01. The standard InChI is InChI=1S/C16H20N2O4S/c1-9-13(15(19)22-5)14(17-16(23)18(9)2)11-8-10(20-3)6-7-12(11)21-4/h6-8,14H,1-5H3,(H,17,23)/t14-/m1/s1. The fourth-order valence-electron chi connectivity index (χ4n) is 2.51. The number of esters is 1. The smallest absolute Gasteiger partial charge is 0.337 e. The summed E-state index contributed by atoms with van der Waals surface area (Å²) in [4.78, 5) is 14.0. The lowest BCUT2D eigenvalue weighted by atomic mass is 9.94. The van der Waals surface area contributed by atoms with Gasteiger partial charge in [-0.2, -0.15) is 0 Å². The largest absolute Gasteiger partial charge is 0.497 e. The van der Waals surface area contributed by atoms with Crippen molar-refractivity contribution in [1.82, 2.24) is 10.2 Å². The van der Waals surface area contributed by atoms with Gasteiger partial charge < -0.3 is 24.4 Å². The van der Waals surface area contributed by atoms with Crippen molar-refractivity contribution in [2.24, 2.45) is 0 Å². The molecule has 0 saturated carbocycles.